The van der Waals surface area contributed by atoms with Gasteiger partial charge in [0.05, 0.1) is 6.04 Å². The Morgan fingerprint density at radius 2 is 2.12 bits per heavy atom. The van der Waals surface area contributed by atoms with E-state index in [0.29, 0.717) is 12.2 Å². The topological polar surface area (TPSA) is 83.6 Å². The molecular weight excluding hydrogens is 218 g/mol. The fourth-order valence-electron chi connectivity index (χ4n) is 1.62. The standard InChI is InChI=1S/C11H21N5O/c1-3-4-5-6-7-8-10(17)12-9(2)11-13-15-16-14-11/h9H,3-8H2,1-2H3,(H,12,17)(H,13,14,15,16). The molecule has 2 N–H and O–H groups in total. The van der Waals surface area contributed by atoms with E-state index in [2.05, 4.69) is 32.9 Å². The van der Waals surface area contributed by atoms with Gasteiger partial charge < -0.3 is 5.32 Å². The van der Waals surface area contributed by atoms with Crippen LogP contribution in [0, 0.1) is 0 Å². The molecule has 1 atom stereocenters. The Labute approximate surface area is 102 Å². The van der Waals surface area contributed by atoms with Crippen LogP contribution in [0.4, 0.5) is 0 Å². The van der Waals surface area contributed by atoms with Crippen LogP contribution in [0.15, 0.2) is 0 Å². The van der Waals surface area contributed by atoms with E-state index in [0.717, 1.165) is 12.8 Å². The average molecular weight is 239 g/mol. The van der Waals surface area contributed by atoms with Crippen LogP contribution in [0.1, 0.15) is 64.2 Å². The minimum Gasteiger partial charge on any atom is -0.346 e. The maximum Gasteiger partial charge on any atom is 0.220 e. The summed E-state index contributed by atoms with van der Waals surface area (Å²) in [5.74, 6) is 0.572. The molecule has 0 aliphatic carbocycles. The molecule has 1 aromatic heterocycles. The fourth-order valence-corrected chi connectivity index (χ4v) is 1.62. The highest BCUT2D eigenvalue weighted by Crippen LogP contribution is 2.07. The van der Waals surface area contributed by atoms with E-state index in [4.69, 9.17) is 0 Å². The van der Waals surface area contributed by atoms with Crippen LogP contribution in [0.2, 0.25) is 0 Å². The molecule has 17 heavy (non-hydrogen) atoms. The molecule has 0 spiro atoms. The van der Waals surface area contributed by atoms with Crippen molar-refractivity contribution in [1.29, 1.82) is 0 Å². The van der Waals surface area contributed by atoms with Crippen LogP contribution in [0.5, 0.6) is 0 Å². The van der Waals surface area contributed by atoms with Crippen molar-refractivity contribution in [1.82, 2.24) is 25.9 Å². The number of hydrogen-bond donors (Lipinski definition) is 2. The number of hydrogen-bond acceptors (Lipinski definition) is 4. The van der Waals surface area contributed by atoms with Gasteiger partial charge in [-0.15, -0.1) is 10.2 Å². The molecule has 0 aliphatic rings. The van der Waals surface area contributed by atoms with E-state index in [9.17, 15) is 4.79 Å². The van der Waals surface area contributed by atoms with Gasteiger partial charge in [0.2, 0.25) is 5.91 Å². The van der Waals surface area contributed by atoms with Gasteiger partial charge in [-0.1, -0.05) is 37.8 Å². The lowest BCUT2D eigenvalue weighted by Crippen LogP contribution is -2.27. The first kappa shape index (κ1) is 13.6. The van der Waals surface area contributed by atoms with Gasteiger partial charge in [-0.05, 0) is 13.3 Å². The maximum atomic E-state index is 11.6. The molecule has 0 aliphatic heterocycles. The highest BCUT2D eigenvalue weighted by Gasteiger charge is 2.12. The van der Waals surface area contributed by atoms with Crippen molar-refractivity contribution in [2.75, 3.05) is 0 Å². The Morgan fingerprint density at radius 1 is 1.35 bits per heavy atom. The van der Waals surface area contributed by atoms with Crippen molar-refractivity contribution >= 4 is 5.91 Å². The number of tetrazole rings is 1. The number of nitrogens with zero attached hydrogens (tertiary/aromatic N) is 3. The van der Waals surface area contributed by atoms with Gasteiger partial charge in [0.15, 0.2) is 5.82 Å². The summed E-state index contributed by atoms with van der Waals surface area (Å²) in [5.41, 5.74) is 0. The summed E-state index contributed by atoms with van der Waals surface area (Å²) in [5, 5.41) is 16.3. The van der Waals surface area contributed by atoms with Gasteiger partial charge in [0, 0.05) is 6.42 Å². The molecule has 0 bridgehead atoms. The monoisotopic (exact) mass is 239 g/mol. The van der Waals surface area contributed by atoms with E-state index in [1.165, 1.54) is 19.3 Å². The van der Waals surface area contributed by atoms with Gasteiger partial charge >= 0.3 is 0 Å². The molecule has 0 saturated carbocycles. The predicted molar refractivity (Wildman–Crippen MR) is 64.1 cm³/mol. The molecule has 6 nitrogen and oxygen atoms in total. The zero-order chi connectivity index (χ0) is 12.5. The number of carbonyl (C=O) groups excluding carboxylic acids is 1. The molecule has 0 radical (unpaired) electrons. The van der Waals surface area contributed by atoms with Gasteiger partial charge in [0.1, 0.15) is 0 Å². The lowest BCUT2D eigenvalue weighted by atomic mass is 10.1. The molecule has 96 valence electrons. The van der Waals surface area contributed by atoms with E-state index >= 15 is 0 Å². The zero-order valence-electron chi connectivity index (χ0n) is 10.6. The minimum absolute atomic E-state index is 0.0544. The first-order valence-electron chi connectivity index (χ1n) is 6.26. The second-order valence-corrected chi connectivity index (χ2v) is 4.22. The van der Waals surface area contributed by atoms with Crippen molar-refractivity contribution < 1.29 is 4.79 Å². The first-order chi connectivity index (χ1) is 8.24. The molecule has 0 saturated heterocycles. The van der Waals surface area contributed by atoms with Gasteiger partial charge in [-0.3, -0.25) is 4.79 Å². The largest absolute Gasteiger partial charge is 0.346 e. The van der Waals surface area contributed by atoms with Crippen LogP contribution < -0.4 is 5.32 Å². The van der Waals surface area contributed by atoms with E-state index in [1.807, 2.05) is 6.92 Å². The molecule has 1 rings (SSSR count). The van der Waals surface area contributed by atoms with Crippen LogP contribution in [-0.4, -0.2) is 26.5 Å². The minimum atomic E-state index is -0.183. The summed E-state index contributed by atoms with van der Waals surface area (Å²) in [6.45, 7) is 4.03. The van der Waals surface area contributed by atoms with Crippen molar-refractivity contribution in [2.24, 2.45) is 0 Å². The molecule has 1 amide bonds. The Bertz CT molecular complexity index is 312. The highest BCUT2D eigenvalue weighted by molar-refractivity contribution is 5.76. The molecule has 1 heterocycles. The smallest absolute Gasteiger partial charge is 0.220 e. The molecular formula is C11H21N5O. The Kier molecular flexibility index (Phi) is 6.21. The summed E-state index contributed by atoms with van der Waals surface area (Å²) in [4.78, 5) is 11.6. The third-order valence-corrected chi connectivity index (χ3v) is 2.63. The Morgan fingerprint density at radius 3 is 2.76 bits per heavy atom. The molecule has 0 fully saturated rings. The molecule has 0 aromatic carbocycles. The molecule has 1 unspecified atom stereocenters. The van der Waals surface area contributed by atoms with Gasteiger partial charge in [0.25, 0.3) is 0 Å². The number of unbranched alkanes of at least 4 members (excludes halogenated alkanes) is 4. The van der Waals surface area contributed by atoms with Crippen LogP contribution >= 0.6 is 0 Å². The lowest BCUT2D eigenvalue weighted by molar-refractivity contribution is -0.121. The highest BCUT2D eigenvalue weighted by atomic mass is 16.1. The summed E-state index contributed by atoms with van der Waals surface area (Å²) in [6.07, 6.45) is 6.33. The number of aromatic nitrogens is 4. The van der Waals surface area contributed by atoms with E-state index in [1.54, 1.807) is 0 Å². The van der Waals surface area contributed by atoms with Gasteiger partial charge in [-0.2, -0.15) is 5.21 Å². The normalized spacial score (nSPS) is 12.4. The zero-order valence-corrected chi connectivity index (χ0v) is 10.6. The van der Waals surface area contributed by atoms with Crippen LogP contribution in [0.25, 0.3) is 0 Å². The molecule has 1 aromatic rings. The van der Waals surface area contributed by atoms with E-state index in [-0.39, 0.29) is 11.9 Å². The lowest BCUT2D eigenvalue weighted by Gasteiger charge is -2.09. The van der Waals surface area contributed by atoms with Crippen molar-refractivity contribution in [3.8, 4) is 0 Å². The third-order valence-electron chi connectivity index (χ3n) is 2.63. The third kappa shape index (κ3) is 5.42. The first-order valence-corrected chi connectivity index (χ1v) is 6.26. The quantitative estimate of drug-likeness (QED) is 0.677. The van der Waals surface area contributed by atoms with E-state index < -0.39 is 0 Å². The fraction of sp³-hybridized carbons (Fsp3) is 0.818. The number of aromatic amines is 1. The van der Waals surface area contributed by atoms with Crippen molar-refractivity contribution in [3.05, 3.63) is 5.82 Å². The number of carbonyl (C=O) groups is 1. The summed E-state index contributed by atoms with van der Waals surface area (Å²) in [7, 11) is 0. The SMILES string of the molecule is CCCCCCCC(=O)NC(C)c1nn[nH]n1. The maximum absolute atomic E-state index is 11.6. The summed E-state index contributed by atoms with van der Waals surface area (Å²) >= 11 is 0. The second-order valence-electron chi connectivity index (χ2n) is 4.22. The number of rotatable bonds is 8. The van der Waals surface area contributed by atoms with Crippen LogP contribution in [0.3, 0.4) is 0 Å². The average Bonchev–Trinajstić information content (AvgIpc) is 2.82. The second kappa shape index (κ2) is 7.76. The number of amides is 1. The Hall–Kier alpha value is -1.46. The predicted octanol–water partition coefficient (Wildman–Crippen LogP) is 1.74. The number of nitrogens with one attached hydrogen (secondary N) is 2. The van der Waals surface area contributed by atoms with Gasteiger partial charge in [-0.25, -0.2) is 0 Å². The van der Waals surface area contributed by atoms with Crippen molar-refractivity contribution in [3.63, 3.8) is 0 Å². The number of H-pyrrole nitrogens is 1. The summed E-state index contributed by atoms with van der Waals surface area (Å²) < 4.78 is 0. The summed E-state index contributed by atoms with van der Waals surface area (Å²) in [6, 6.07) is -0.183. The van der Waals surface area contributed by atoms with Crippen molar-refractivity contribution in [2.45, 2.75) is 58.4 Å². The Balaban J connectivity index is 2.12. The molecule has 6 heteroatoms. The van der Waals surface area contributed by atoms with Crippen LogP contribution in [-0.2, 0) is 4.79 Å².